The predicted molar refractivity (Wildman–Crippen MR) is 42.8 cm³/mol. The van der Waals surface area contributed by atoms with Crippen molar-refractivity contribution in [1.29, 1.82) is 0 Å². The summed E-state index contributed by atoms with van der Waals surface area (Å²) >= 11 is 1.36. The first-order chi connectivity index (χ1) is 4.93. The maximum absolute atomic E-state index is 5.10. The Hall–Kier alpha value is -0.470. The molecule has 0 saturated carbocycles. The summed E-state index contributed by atoms with van der Waals surface area (Å²) in [5.74, 6) is 0. The smallest absolute Gasteiger partial charge is 0.0590 e. The molecule has 1 nitrogen and oxygen atoms in total. The van der Waals surface area contributed by atoms with Gasteiger partial charge in [-0.1, -0.05) is 18.2 Å². The zero-order valence-corrected chi connectivity index (χ0v) is 6.65. The minimum Gasteiger partial charge on any atom is -0.311 e. The van der Waals surface area contributed by atoms with Crippen LogP contribution in [0.25, 0.3) is 0 Å². The van der Waals surface area contributed by atoms with E-state index in [4.69, 9.17) is 4.18 Å². The van der Waals surface area contributed by atoms with Crippen molar-refractivity contribution in [3.8, 4) is 0 Å². The number of benzene rings is 1. The second-order valence-electron chi connectivity index (χ2n) is 1.72. The summed E-state index contributed by atoms with van der Waals surface area (Å²) in [6.45, 7) is 2.70. The van der Waals surface area contributed by atoms with Gasteiger partial charge in [-0.3, -0.25) is 0 Å². The maximum Gasteiger partial charge on any atom is 0.0590 e. The molecule has 0 N–H and O–H groups in total. The van der Waals surface area contributed by atoms with Crippen LogP contribution < -0.4 is 0 Å². The van der Waals surface area contributed by atoms with Crippen molar-refractivity contribution >= 4 is 12.0 Å². The molecule has 0 aromatic heterocycles. The zero-order chi connectivity index (χ0) is 7.23. The fourth-order valence-corrected chi connectivity index (χ4v) is 1.05. The molecule has 1 aromatic carbocycles. The Morgan fingerprint density at radius 1 is 1.60 bits per heavy atom. The standard InChI is InChI=1S/C8H9OS/c1-2-9-10-8-6-4-3-5-7-8/h3-6H,2H2,1H3. The summed E-state index contributed by atoms with van der Waals surface area (Å²) < 4.78 is 5.10. The molecule has 0 aliphatic carbocycles. The third-order valence-electron chi connectivity index (χ3n) is 0.947. The van der Waals surface area contributed by atoms with Gasteiger partial charge < -0.3 is 4.18 Å². The molecule has 10 heavy (non-hydrogen) atoms. The van der Waals surface area contributed by atoms with Gasteiger partial charge in [0.2, 0.25) is 0 Å². The molecule has 0 fully saturated rings. The molecule has 0 bridgehead atoms. The van der Waals surface area contributed by atoms with Gasteiger partial charge in [0.15, 0.2) is 0 Å². The lowest BCUT2D eigenvalue weighted by Crippen LogP contribution is -1.76. The van der Waals surface area contributed by atoms with Gasteiger partial charge >= 0.3 is 0 Å². The molecule has 0 atom stereocenters. The average Bonchev–Trinajstić information content (AvgIpc) is 2.03. The molecular formula is C8H9OS. The zero-order valence-electron chi connectivity index (χ0n) is 5.83. The van der Waals surface area contributed by atoms with E-state index in [0.29, 0.717) is 0 Å². The van der Waals surface area contributed by atoms with Gasteiger partial charge in [0.05, 0.1) is 6.61 Å². The number of rotatable bonds is 3. The SMILES string of the molecule is CCOSc1[c]cccc1. The Balaban J connectivity index is 2.43. The molecule has 0 amide bonds. The van der Waals surface area contributed by atoms with Crippen molar-refractivity contribution in [2.45, 2.75) is 11.8 Å². The lowest BCUT2D eigenvalue weighted by Gasteiger charge is -1.96. The highest BCUT2D eigenvalue weighted by Gasteiger charge is 1.89. The summed E-state index contributed by atoms with van der Waals surface area (Å²) in [6, 6.07) is 10.8. The largest absolute Gasteiger partial charge is 0.311 e. The molecule has 0 saturated heterocycles. The lowest BCUT2D eigenvalue weighted by molar-refractivity contribution is 0.402. The summed E-state index contributed by atoms with van der Waals surface area (Å²) in [6.07, 6.45) is 0. The van der Waals surface area contributed by atoms with Crippen LogP contribution in [0.4, 0.5) is 0 Å². The van der Waals surface area contributed by atoms with Crippen molar-refractivity contribution < 1.29 is 4.18 Å². The highest BCUT2D eigenvalue weighted by atomic mass is 32.2. The predicted octanol–water partition coefficient (Wildman–Crippen LogP) is 2.53. The first kappa shape index (κ1) is 7.63. The van der Waals surface area contributed by atoms with Crippen LogP contribution in [-0.4, -0.2) is 6.61 Å². The second-order valence-corrected chi connectivity index (χ2v) is 2.56. The van der Waals surface area contributed by atoms with E-state index in [1.807, 2.05) is 31.2 Å². The van der Waals surface area contributed by atoms with E-state index in [0.717, 1.165) is 11.5 Å². The van der Waals surface area contributed by atoms with Crippen LogP contribution >= 0.6 is 12.0 Å². The molecule has 53 valence electrons. The summed E-state index contributed by atoms with van der Waals surface area (Å²) in [5.41, 5.74) is 0. The Morgan fingerprint density at radius 2 is 2.50 bits per heavy atom. The highest BCUT2D eigenvalue weighted by Crippen LogP contribution is 2.16. The van der Waals surface area contributed by atoms with E-state index < -0.39 is 0 Å². The van der Waals surface area contributed by atoms with Crippen LogP contribution in [0.3, 0.4) is 0 Å². The fourth-order valence-electron chi connectivity index (χ4n) is 0.551. The van der Waals surface area contributed by atoms with E-state index in [-0.39, 0.29) is 0 Å². The topological polar surface area (TPSA) is 9.23 Å². The maximum atomic E-state index is 5.10. The summed E-state index contributed by atoms with van der Waals surface area (Å²) in [5, 5.41) is 0. The van der Waals surface area contributed by atoms with Gasteiger partial charge in [-0.2, -0.15) is 0 Å². The van der Waals surface area contributed by atoms with Gasteiger partial charge in [-0.25, -0.2) is 0 Å². The van der Waals surface area contributed by atoms with E-state index in [2.05, 4.69) is 6.07 Å². The molecule has 2 heteroatoms. The van der Waals surface area contributed by atoms with Gasteiger partial charge in [0.1, 0.15) is 0 Å². The van der Waals surface area contributed by atoms with E-state index in [1.165, 1.54) is 12.0 Å². The molecule has 0 aliphatic heterocycles. The summed E-state index contributed by atoms with van der Waals surface area (Å²) in [4.78, 5) is 1.03. The van der Waals surface area contributed by atoms with Crippen molar-refractivity contribution in [2.75, 3.05) is 6.61 Å². The van der Waals surface area contributed by atoms with Crippen LogP contribution in [0, 0.1) is 6.07 Å². The minimum atomic E-state index is 0.730. The molecule has 1 rings (SSSR count). The van der Waals surface area contributed by atoms with Gasteiger partial charge in [0.25, 0.3) is 0 Å². The van der Waals surface area contributed by atoms with Crippen LogP contribution in [-0.2, 0) is 4.18 Å². The van der Waals surface area contributed by atoms with E-state index >= 15 is 0 Å². The summed E-state index contributed by atoms with van der Waals surface area (Å²) in [7, 11) is 0. The van der Waals surface area contributed by atoms with Crippen LogP contribution in [0.15, 0.2) is 29.2 Å². The van der Waals surface area contributed by atoms with Crippen LogP contribution in [0.5, 0.6) is 0 Å². The Bertz CT molecular complexity index is 174. The van der Waals surface area contributed by atoms with E-state index in [9.17, 15) is 0 Å². The molecule has 0 spiro atoms. The molecule has 0 aliphatic rings. The fraction of sp³-hybridized carbons (Fsp3) is 0.250. The molecule has 0 heterocycles. The lowest BCUT2D eigenvalue weighted by atomic mass is 10.4. The molecule has 0 unspecified atom stereocenters. The monoisotopic (exact) mass is 153 g/mol. The highest BCUT2D eigenvalue weighted by molar-refractivity contribution is 7.94. The third kappa shape index (κ3) is 2.42. The van der Waals surface area contributed by atoms with Crippen LogP contribution in [0.2, 0.25) is 0 Å². The van der Waals surface area contributed by atoms with Crippen molar-refractivity contribution in [2.24, 2.45) is 0 Å². The minimum absolute atomic E-state index is 0.730. The third-order valence-corrected chi connectivity index (χ3v) is 1.73. The van der Waals surface area contributed by atoms with E-state index in [1.54, 1.807) is 0 Å². The molecule has 1 aromatic rings. The number of hydrogen-bond donors (Lipinski definition) is 0. The Labute approximate surface area is 65.6 Å². The second kappa shape index (κ2) is 4.36. The quantitative estimate of drug-likeness (QED) is 0.617. The number of hydrogen-bond acceptors (Lipinski definition) is 2. The first-order valence-corrected chi connectivity index (χ1v) is 3.94. The van der Waals surface area contributed by atoms with Crippen molar-refractivity contribution in [3.63, 3.8) is 0 Å². The molecule has 1 radical (unpaired) electrons. The van der Waals surface area contributed by atoms with Gasteiger partial charge in [0, 0.05) is 16.9 Å². The normalized spacial score (nSPS) is 9.70. The Kier molecular flexibility index (Phi) is 3.33. The molecular weight excluding hydrogens is 144 g/mol. The average molecular weight is 153 g/mol. The van der Waals surface area contributed by atoms with Gasteiger partial charge in [-0.05, 0) is 19.1 Å². The Morgan fingerprint density at radius 3 is 3.10 bits per heavy atom. The first-order valence-electron chi connectivity index (χ1n) is 3.19. The van der Waals surface area contributed by atoms with Gasteiger partial charge in [-0.15, -0.1) is 0 Å². The van der Waals surface area contributed by atoms with Crippen LogP contribution in [0.1, 0.15) is 6.92 Å². The van der Waals surface area contributed by atoms with Crippen molar-refractivity contribution in [3.05, 3.63) is 30.3 Å². The van der Waals surface area contributed by atoms with Crippen molar-refractivity contribution in [1.82, 2.24) is 0 Å².